The smallest absolute Gasteiger partial charge is 0.306 e. The lowest BCUT2D eigenvalue weighted by Crippen LogP contribution is -2.59. The number of carbonyl (C=O) groups is 2. The minimum absolute atomic E-state index is 0.00373. The van der Waals surface area contributed by atoms with Crippen LogP contribution < -0.4 is 5.32 Å². The summed E-state index contributed by atoms with van der Waals surface area (Å²) in [6.45, 7) is 8.08. The summed E-state index contributed by atoms with van der Waals surface area (Å²) in [6.07, 6.45) is 3.64. The quantitative estimate of drug-likeness (QED) is 0.261. The summed E-state index contributed by atoms with van der Waals surface area (Å²) < 4.78 is 50.1. The molecule has 6 aliphatic rings. The molecule has 4 unspecified atom stereocenters. The van der Waals surface area contributed by atoms with E-state index in [0.717, 1.165) is 24.9 Å². The number of nitrogens with zero attached hydrogens (tertiary/aromatic N) is 1. The maximum Gasteiger partial charge on any atom is 0.306 e. The number of methoxy groups -OCH3 is 3. The molecule has 0 aromatic heterocycles. The van der Waals surface area contributed by atoms with Crippen LogP contribution in [0.25, 0.3) is 0 Å². The fourth-order valence-corrected chi connectivity index (χ4v) is 11.9. The van der Waals surface area contributed by atoms with Crippen molar-refractivity contribution < 1.29 is 52.6 Å². The van der Waals surface area contributed by atoms with E-state index in [1.54, 1.807) is 21.3 Å². The molecule has 3 aliphatic carbocycles. The van der Waals surface area contributed by atoms with E-state index in [1.807, 2.05) is 44.2 Å². The van der Waals surface area contributed by atoms with Crippen molar-refractivity contribution in [3.63, 3.8) is 0 Å². The van der Waals surface area contributed by atoms with Gasteiger partial charge in [0.2, 0.25) is 0 Å². The normalized spacial score (nSPS) is 43.9. The first-order valence-electron chi connectivity index (χ1n) is 22.7. The van der Waals surface area contributed by atoms with Gasteiger partial charge in [-0.3, -0.25) is 9.59 Å². The Kier molecular flexibility index (Phi) is 15.1. The van der Waals surface area contributed by atoms with Crippen LogP contribution in [0.3, 0.4) is 0 Å². The Balaban J connectivity index is 1.20. The van der Waals surface area contributed by atoms with Crippen molar-refractivity contribution in [1.82, 2.24) is 4.90 Å². The number of benzene rings is 1. The number of para-hydroxylation sites is 1. The molecule has 1 aromatic rings. The lowest BCUT2D eigenvalue weighted by molar-refractivity contribution is -0.314. The maximum absolute atomic E-state index is 15.1. The third kappa shape index (κ3) is 9.40. The number of Topliss-reactive ketones (excluding diaryl/α,β-unsaturated/α-hetero) is 1. The van der Waals surface area contributed by atoms with Gasteiger partial charge in [0, 0.05) is 44.9 Å². The van der Waals surface area contributed by atoms with Crippen LogP contribution in [-0.4, -0.2) is 137 Å². The van der Waals surface area contributed by atoms with Crippen LogP contribution in [0.2, 0.25) is 0 Å². The predicted molar refractivity (Wildman–Crippen MR) is 225 cm³/mol. The van der Waals surface area contributed by atoms with Gasteiger partial charge in [-0.1, -0.05) is 38.1 Å². The number of rotatable bonds is 11. The van der Waals surface area contributed by atoms with Gasteiger partial charge in [-0.25, -0.2) is 0 Å². The van der Waals surface area contributed by atoms with E-state index in [4.69, 9.17) is 37.9 Å². The summed E-state index contributed by atoms with van der Waals surface area (Å²) >= 11 is 0. The summed E-state index contributed by atoms with van der Waals surface area (Å²) in [5.41, 5.74) is 1.52. The van der Waals surface area contributed by atoms with Crippen molar-refractivity contribution in [2.45, 2.75) is 165 Å². The number of likely N-dealkylation sites (N-methyl/N-ethyl adjacent to an activating group) is 1. The van der Waals surface area contributed by atoms with Gasteiger partial charge in [-0.15, -0.1) is 0 Å². The van der Waals surface area contributed by atoms with Crippen LogP contribution in [0, 0.1) is 35.5 Å². The van der Waals surface area contributed by atoms with Crippen molar-refractivity contribution in [2.24, 2.45) is 35.5 Å². The molecule has 2 saturated carbocycles. The number of hydrogen-bond acceptors (Lipinski definition) is 13. The van der Waals surface area contributed by atoms with Gasteiger partial charge in [-0.2, -0.15) is 0 Å². The number of allylic oxidation sites excluding steroid dienone is 2. The Hall–Kier alpha value is -2.46. The van der Waals surface area contributed by atoms with E-state index < -0.39 is 48.8 Å². The monoisotopic (exact) mass is 841 g/mol. The summed E-state index contributed by atoms with van der Waals surface area (Å²) in [5, 5.41) is 16.3. The number of ether oxygens (including phenoxy) is 8. The van der Waals surface area contributed by atoms with Gasteiger partial charge in [-0.05, 0) is 121 Å². The Morgan fingerprint density at radius 2 is 1.57 bits per heavy atom. The van der Waals surface area contributed by atoms with Crippen LogP contribution in [0.5, 0.6) is 0 Å². The molecule has 0 bridgehead atoms. The summed E-state index contributed by atoms with van der Waals surface area (Å²) in [4.78, 5) is 31.3. The number of hydrogen-bond donors (Lipinski definition) is 2. The van der Waals surface area contributed by atoms with E-state index in [9.17, 15) is 9.90 Å². The van der Waals surface area contributed by atoms with Gasteiger partial charge in [0.25, 0.3) is 0 Å². The van der Waals surface area contributed by atoms with Crippen LogP contribution in [0.15, 0.2) is 42.0 Å². The molecule has 19 atom stereocenters. The summed E-state index contributed by atoms with van der Waals surface area (Å²) in [5.74, 6) is -1.76. The van der Waals surface area contributed by atoms with Crippen LogP contribution in [0.1, 0.15) is 85.5 Å². The van der Waals surface area contributed by atoms with E-state index in [2.05, 4.69) is 44.2 Å². The minimum atomic E-state index is -0.785. The second-order valence-corrected chi connectivity index (χ2v) is 18.6. The number of cyclic esters (lactones) is 1. The van der Waals surface area contributed by atoms with Gasteiger partial charge >= 0.3 is 5.97 Å². The topological polar surface area (TPSA) is 143 Å². The number of fused-ring (bicyclic) bond motifs is 5. The molecule has 13 nitrogen and oxygen atoms in total. The highest BCUT2D eigenvalue weighted by atomic mass is 16.7. The first-order chi connectivity index (χ1) is 28.9. The summed E-state index contributed by atoms with van der Waals surface area (Å²) in [7, 11) is 9.06. The van der Waals surface area contributed by atoms with Crippen molar-refractivity contribution >= 4 is 17.4 Å². The highest BCUT2D eigenvalue weighted by molar-refractivity contribution is 5.99. The molecule has 336 valence electrons. The minimum Gasteiger partial charge on any atom is -0.462 e. The molecular weight excluding hydrogens is 769 g/mol. The number of nitrogens with one attached hydrogen (secondary N) is 1. The fourth-order valence-electron chi connectivity index (χ4n) is 11.9. The van der Waals surface area contributed by atoms with Crippen molar-refractivity contribution in [3.8, 4) is 0 Å². The van der Waals surface area contributed by atoms with Crippen molar-refractivity contribution in [1.29, 1.82) is 0 Å². The molecular formula is C47H72N2O11. The number of esters is 1. The molecule has 60 heavy (non-hydrogen) atoms. The molecule has 2 N–H and O–H groups in total. The van der Waals surface area contributed by atoms with E-state index in [-0.39, 0.29) is 78.5 Å². The van der Waals surface area contributed by atoms with Crippen LogP contribution >= 0.6 is 0 Å². The summed E-state index contributed by atoms with van der Waals surface area (Å²) in [6, 6.07) is 9.74. The SMILES string of the molecule is CC[C@H]1CCC[C@H](O[C@H]2CC[C@H](N(C)C)C(C)O2)[C@@H](C)C(=O)C2=C[C@H]3[C@@H]4C[C@H](O[C@@H]5OC(C)[C@H](OC)C(OC)C5OC)C[C@H]4[C@@H](O)[C@H](Nc4ccccc4)[C@H]3[C@@H]2CC(=O)O1. The van der Waals surface area contributed by atoms with Crippen molar-refractivity contribution in [3.05, 3.63) is 42.0 Å². The average Bonchev–Trinajstić information content (AvgIpc) is 3.82. The molecule has 7 rings (SSSR count). The second-order valence-electron chi connectivity index (χ2n) is 18.6. The zero-order valence-electron chi connectivity index (χ0n) is 37.3. The standard InChI is InChI=1S/C47H72N2O11/c1-10-29-17-14-18-37(60-39-20-19-36(49(5)6)26(3)56-39)25(2)42(51)35-23-32-31-21-30(59-47-46(55-9)45(54-8)44(53-7)27(4)57-47)22-34(31)43(52)41(48-28-15-12-11-13-16-28)40(32)33(35)24-38(50)58-29/h11-13,15-16,23,25-27,29-34,36-37,39-41,43-48,52H,10,14,17-22,24H2,1-9H3/t25-,26?,27?,29+,30+,31+,32+,33-,34-,36+,37+,39+,40-,41-,43-,44+,45?,46?,47+/m1/s1. The van der Waals surface area contributed by atoms with Gasteiger partial charge < -0.3 is 53.2 Å². The molecule has 3 aliphatic heterocycles. The highest BCUT2D eigenvalue weighted by Crippen LogP contribution is 2.57. The largest absolute Gasteiger partial charge is 0.462 e. The Labute approximate surface area is 357 Å². The first-order valence-corrected chi connectivity index (χ1v) is 22.7. The molecule has 3 saturated heterocycles. The Morgan fingerprint density at radius 1 is 0.850 bits per heavy atom. The Bertz CT molecular complexity index is 1610. The Morgan fingerprint density at radius 3 is 2.23 bits per heavy atom. The number of ketones is 1. The average molecular weight is 841 g/mol. The zero-order valence-corrected chi connectivity index (χ0v) is 37.3. The number of aliphatic hydroxyl groups is 1. The molecule has 0 amide bonds. The first kappa shape index (κ1) is 45.6. The van der Waals surface area contributed by atoms with Crippen molar-refractivity contribution in [2.75, 3.05) is 40.7 Å². The highest BCUT2D eigenvalue weighted by Gasteiger charge is 2.60. The molecule has 5 fully saturated rings. The lowest BCUT2D eigenvalue weighted by Gasteiger charge is -2.47. The number of anilines is 1. The van der Waals surface area contributed by atoms with Gasteiger partial charge in [0.15, 0.2) is 18.4 Å². The molecule has 0 radical (unpaired) electrons. The molecule has 0 spiro atoms. The van der Waals surface area contributed by atoms with Gasteiger partial charge in [0.05, 0.1) is 43.0 Å². The molecule has 3 heterocycles. The van der Waals surface area contributed by atoms with Crippen LogP contribution in [0.4, 0.5) is 5.69 Å². The van der Waals surface area contributed by atoms with E-state index in [1.165, 1.54) is 0 Å². The molecule has 13 heteroatoms. The third-order valence-corrected chi connectivity index (χ3v) is 15.0. The molecule has 1 aromatic carbocycles. The van der Waals surface area contributed by atoms with Crippen LogP contribution in [-0.2, 0) is 47.5 Å². The third-order valence-electron chi connectivity index (χ3n) is 15.0. The lowest BCUT2D eigenvalue weighted by atomic mass is 9.62. The zero-order chi connectivity index (χ0) is 42.8. The number of aliphatic hydroxyl groups excluding tert-OH is 1. The predicted octanol–water partition coefficient (Wildman–Crippen LogP) is 5.77. The second kappa shape index (κ2) is 19.9. The maximum atomic E-state index is 15.1. The number of carbonyl (C=O) groups excluding carboxylic acids is 2. The van der Waals surface area contributed by atoms with Gasteiger partial charge in [0.1, 0.15) is 24.4 Å². The van der Waals surface area contributed by atoms with E-state index >= 15 is 4.79 Å². The van der Waals surface area contributed by atoms with E-state index in [0.29, 0.717) is 43.7 Å². The fraction of sp³-hybridized carbons (Fsp3) is 0.787.